The Hall–Kier alpha value is -2.82. The van der Waals surface area contributed by atoms with E-state index in [1.165, 1.54) is 4.57 Å². The van der Waals surface area contributed by atoms with Gasteiger partial charge < -0.3 is 4.42 Å². The molecule has 0 atom stereocenters. The third-order valence-electron chi connectivity index (χ3n) is 3.49. The van der Waals surface area contributed by atoms with Crippen molar-refractivity contribution in [3.05, 3.63) is 59.3 Å². The van der Waals surface area contributed by atoms with E-state index in [0.717, 1.165) is 22.4 Å². The van der Waals surface area contributed by atoms with Crippen LogP contribution in [0.3, 0.4) is 0 Å². The number of nitrogens with zero attached hydrogens (tertiary/aromatic N) is 3. The quantitative estimate of drug-likeness (QED) is 0.531. The number of imidazole rings is 1. The first-order chi connectivity index (χ1) is 9.74. The average Bonchev–Trinajstić information content (AvgIpc) is 3.01. The topological polar surface area (TPSA) is 52.4 Å². The van der Waals surface area contributed by atoms with E-state index < -0.39 is 0 Å². The van der Waals surface area contributed by atoms with Crippen molar-refractivity contribution in [2.24, 2.45) is 7.05 Å². The molecule has 0 bridgehead atoms. The normalized spacial score (nSPS) is 11.4. The molecule has 20 heavy (non-hydrogen) atoms. The molecule has 3 aromatic heterocycles. The van der Waals surface area contributed by atoms with Gasteiger partial charge in [-0.05, 0) is 30.3 Å². The third kappa shape index (κ3) is 1.43. The predicted octanol–water partition coefficient (Wildman–Crippen LogP) is 2.45. The Labute approximate surface area is 113 Å². The number of hydrogen-bond donors (Lipinski definition) is 0. The van der Waals surface area contributed by atoms with Crippen LogP contribution in [0.5, 0.6) is 0 Å². The number of oxazole rings is 1. The molecule has 0 radical (unpaired) electrons. The minimum absolute atomic E-state index is 0.356. The summed E-state index contributed by atoms with van der Waals surface area (Å²) in [6, 6.07) is 11.6. The molecule has 5 heteroatoms. The van der Waals surface area contributed by atoms with E-state index in [-0.39, 0.29) is 5.76 Å². The van der Waals surface area contributed by atoms with Gasteiger partial charge in [0.2, 0.25) is 0 Å². The van der Waals surface area contributed by atoms with Gasteiger partial charge in [-0.15, -0.1) is 0 Å². The molecule has 0 saturated heterocycles. The second-order valence-corrected chi connectivity index (χ2v) is 4.69. The third-order valence-corrected chi connectivity index (χ3v) is 3.49. The second kappa shape index (κ2) is 3.84. The van der Waals surface area contributed by atoms with E-state index >= 15 is 0 Å². The second-order valence-electron chi connectivity index (χ2n) is 4.69. The summed E-state index contributed by atoms with van der Waals surface area (Å²) in [5.74, 6) is 0.471. The van der Waals surface area contributed by atoms with Crippen molar-refractivity contribution in [2.45, 2.75) is 0 Å². The fourth-order valence-corrected chi connectivity index (χ4v) is 2.43. The van der Waals surface area contributed by atoms with Crippen LogP contribution in [0.25, 0.3) is 28.0 Å². The lowest BCUT2D eigenvalue weighted by atomic mass is 10.2. The van der Waals surface area contributed by atoms with Crippen LogP contribution in [0.1, 0.15) is 0 Å². The van der Waals surface area contributed by atoms with E-state index in [9.17, 15) is 4.79 Å². The molecule has 0 fully saturated rings. The van der Waals surface area contributed by atoms with Crippen molar-refractivity contribution in [2.75, 3.05) is 0 Å². The van der Waals surface area contributed by atoms with E-state index in [1.54, 1.807) is 7.05 Å². The van der Waals surface area contributed by atoms with Gasteiger partial charge in [0.1, 0.15) is 5.82 Å². The highest BCUT2D eigenvalue weighted by Crippen LogP contribution is 2.23. The molecular formula is C15H11N3O2. The SMILES string of the molecule is Cn1c(=O)oc2cc(-c3ncc4ccccn34)ccc21. The molecule has 0 aliphatic carbocycles. The van der Waals surface area contributed by atoms with Crippen molar-refractivity contribution in [1.29, 1.82) is 0 Å². The first-order valence-electron chi connectivity index (χ1n) is 6.26. The number of rotatable bonds is 1. The molecule has 0 unspecified atom stereocenters. The number of benzene rings is 1. The molecule has 3 heterocycles. The van der Waals surface area contributed by atoms with E-state index in [4.69, 9.17) is 4.42 Å². The number of aryl methyl sites for hydroxylation is 1. The number of fused-ring (bicyclic) bond motifs is 2. The Morgan fingerprint density at radius 3 is 3.00 bits per heavy atom. The lowest BCUT2D eigenvalue weighted by Crippen LogP contribution is -2.08. The van der Waals surface area contributed by atoms with Gasteiger partial charge in [-0.1, -0.05) is 6.07 Å². The zero-order valence-electron chi connectivity index (χ0n) is 10.8. The Balaban J connectivity index is 2.00. The molecule has 5 nitrogen and oxygen atoms in total. The summed E-state index contributed by atoms with van der Waals surface area (Å²) in [6.45, 7) is 0. The minimum atomic E-state index is -0.356. The van der Waals surface area contributed by atoms with Crippen molar-refractivity contribution in [1.82, 2.24) is 14.0 Å². The molecule has 0 amide bonds. The van der Waals surface area contributed by atoms with Gasteiger partial charge >= 0.3 is 5.76 Å². The van der Waals surface area contributed by atoms with Crippen LogP contribution in [-0.2, 0) is 7.05 Å². The first kappa shape index (κ1) is 11.0. The molecule has 1 aromatic carbocycles. The van der Waals surface area contributed by atoms with Gasteiger partial charge in [0.25, 0.3) is 0 Å². The summed E-state index contributed by atoms with van der Waals surface area (Å²) in [7, 11) is 1.69. The molecule has 98 valence electrons. The van der Waals surface area contributed by atoms with Crippen LogP contribution in [0, 0.1) is 0 Å². The highest BCUT2D eigenvalue weighted by atomic mass is 16.4. The van der Waals surface area contributed by atoms with Crippen LogP contribution in [0.15, 0.2) is 58.0 Å². The predicted molar refractivity (Wildman–Crippen MR) is 75.6 cm³/mol. The van der Waals surface area contributed by atoms with Crippen LogP contribution < -0.4 is 5.76 Å². The summed E-state index contributed by atoms with van der Waals surface area (Å²) in [6.07, 6.45) is 3.78. The van der Waals surface area contributed by atoms with Crippen LogP contribution >= 0.6 is 0 Å². The molecule has 4 aromatic rings. The zero-order valence-corrected chi connectivity index (χ0v) is 10.8. The lowest BCUT2D eigenvalue weighted by Gasteiger charge is -2.01. The molecule has 4 rings (SSSR count). The number of pyridine rings is 1. The van der Waals surface area contributed by atoms with Gasteiger partial charge in [-0.2, -0.15) is 0 Å². The van der Waals surface area contributed by atoms with Crippen molar-refractivity contribution < 1.29 is 4.42 Å². The summed E-state index contributed by atoms with van der Waals surface area (Å²) in [5.41, 5.74) is 3.29. The standard InChI is InChI=1S/C15H11N3O2/c1-17-12-6-5-10(8-13(12)20-15(17)19)14-16-9-11-4-2-3-7-18(11)14/h2-9H,1H3. The fourth-order valence-electron chi connectivity index (χ4n) is 2.43. The van der Waals surface area contributed by atoms with Crippen molar-refractivity contribution in [3.8, 4) is 11.4 Å². The molecule has 0 N–H and O–H groups in total. The first-order valence-corrected chi connectivity index (χ1v) is 6.26. The molecule has 0 saturated carbocycles. The summed E-state index contributed by atoms with van der Waals surface area (Å²) >= 11 is 0. The summed E-state index contributed by atoms with van der Waals surface area (Å²) in [4.78, 5) is 16.0. The van der Waals surface area contributed by atoms with Crippen LogP contribution in [-0.4, -0.2) is 14.0 Å². The number of aromatic nitrogens is 3. The minimum Gasteiger partial charge on any atom is -0.408 e. The zero-order chi connectivity index (χ0) is 13.7. The van der Waals surface area contributed by atoms with Crippen LogP contribution in [0.2, 0.25) is 0 Å². The fraction of sp³-hybridized carbons (Fsp3) is 0.0667. The monoisotopic (exact) mass is 265 g/mol. The Bertz CT molecular complexity index is 991. The van der Waals surface area contributed by atoms with Gasteiger partial charge in [0.05, 0.1) is 17.2 Å². The van der Waals surface area contributed by atoms with Gasteiger partial charge in [-0.3, -0.25) is 8.97 Å². The lowest BCUT2D eigenvalue weighted by molar-refractivity contribution is 0.528. The van der Waals surface area contributed by atoms with Crippen molar-refractivity contribution in [3.63, 3.8) is 0 Å². The summed E-state index contributed by atoms with van der Waals surface area (Å²) in [5, 5.41) is 0. The van der Waals surface area contributed by atoms with E-state index in [2.05, 4.69) is 4.98 Å². The molecule has 0 aliphatic rings. The van der Waals surface area contributed by atoms with E-state index in [1.807, 2.05) is 53.2 Å². The highest BCUT2D eigenvalue weighted by molar-refractivity contribution is 5.79. The Morgan fingerprint density at radius 2 is 2.10 bits per heavy atom. The van der Waals surface area contributed by atoms with E-state index in [0.29, 0.717) is 5.58 Å². The van der Waals surface area contributed by atoms with Gasteiger partial charge in [-0.25, -0.2) is 9.78 Å². The largest absolute Gasteiger partial charge is 0.419 e. The summed E-state index contributed by atoms with van der Waals surface area (Å²) < 4.78 is 8.71. The highest BCUT2D eigenvalue weighted by Gasteiger charge is 2.10. The molecule has 0 spiro atoms. The maximum absolute atomic E-state index is 11.5. The maximum Gasteiger partial charge on any atom is 0.419 e. The maximum atomic E-state index is 11.5. The average molecular weight is 265 g/mol. The molecular weight excluding hydrogens is 254 g/mol. The Morgan fingerprint density at radius 1 is 1.20 bits per heavy atom. The smallest absolute Gasteiger partial charge is 0.408 e. The van der Waals surface area contributed by atoms with Crippen molar-refractivity contribution >= 4 is 16.6 Å². The molecule has 0 aliphatic heterocycles. The van der Waals surface area contributed by atoms with Gasteiger partial charge in [0.15, 0.2) is 5.58 Å². The Kier molecular flexibility index (Phi) is 2.12. The number of hydrogen-bond acceptors (Lipinski definition) is 3. The van der Waals surface area contributed by atoms with Crippen LogP contribution in [0.4, 0.5) is 0 Å². The van der Waals surface area contributed by atoms with Gasteiger partial charge in [0, 0.05) is 18.8 Å².